The van der Waals surface area contributed by atoms with Crippen LogP contribution in [0.25, 0.3) is 11.3 Å². The van der Waals surface area contributed by atoms with Crippen LogP contribution in [0.4, 0.5) is 14.9 Å². The van der Waals surface area contributed by atoms with Gasteiger partial charge in [-0.15, -0.1) is 0 Å². The first-order valence-corrected chi connectivity index (χ1v) is 12.2. The van der Waals surface area contributed by atoms with Gasteiger partial charge in [-0.3, -0.25) is 4.79 Å². The van der Waals surface area contributed by atoms with Crippen LogP contribution in [0.15, 0.2) is 53.3 Å². The van der Waals surface area contributed by atoms with Gasteiger partial charge < -0.3 is 14.5 Å². The van der Waals surface area contributed by atoms with E-state index in [0.29, 0.717) is 49.7 Å². The lowest BCUT2D eigenvalue weighted by Gasteiger charge is -2.37. The van der Waals surface area contributed by atoms with Crippen molar-refractivity contribution in [1.82, 2.24) is 14.7 Å². The average molecular weight is 493 g/mol. The Balaban J connectivity index is 1.71. The first-order chi connectivity index (χ1) is 17.0. The molecule has 0 unspecified atom stereocenters. The van der Waals surface area contributed by atoms with Crippen LogP contribution in [-0.4, -0.2) is 52.6 Å². The number of aryl methyl sites for hydroxylation is 1. The van der Waals surface area contributed by atoms with E-state index in [1.165, 1.54) is 10.7 Å². The maximum atomic E-state index is 14.0. The Kier molecular flexibility index (Phi) is 7.15. The van der Waals surface area contributed by atoms with Crippen molar-refractivity contribution in [2.75, 3.05) is 31.1 Å². The molecule has 0 spiro atoms. The van der Waals surface area contributed by atoms with Gasteiger partial charge in [0.15, 0.2) is 0 Å². The van der Waals surface area contributed by atoms with E-state index in [0.717, 1.165) is 16.7 Å². The fourth-order valence-corrected chi connectivity index (χ4v) is 4.38. The molecule has 7 nitrogen and oxygen atoms in total. The van der Waals surface area contributed by atoms with Crippen molar-refractivity contribution in [3.05, 3.63) is 81.4 Å². The number of carbonyl (C=O) groups is 1. The Bertz CT molecular complexity index is 1310. The molecule has 190 valence electrons. The lowest BCUT2D eigenvalue weighted by Crippen LogP contribution is -2.51. The highest BCUT2D eigenvalue weighted by Crippen LogP contribution is 2.28. The number of piperazine rings is 1. The molecule has 1 aromatic heterocycles. The van der Waals surface area contributed by atoms with E-state index in [9.17, 15) is 14.0 Å². The number of rotatable bonds is 4. The van der Waals surface area contributed by atoms with Crippen LogP contribution in [0.3, 0.4) is 0 Å². The van der Waals surface area contributed by atoms with E-state index in [1.54, 1.807) is 24.0 Å². The molecule has 4 rings (SSSR count). The normalized spacial score (nSPS) is 14.2. The van der Waals surface area contributed by atoms with Crippen molar-refractivity contribution in [2.24, 2.45) is 0 Å². The smallest absolute Gasteiger partial charge is 0.410 e. The minimum absolute atomic E-state index is 0.190. The highest BCUT2D eigenvalue weighted by molar-refractivity contribution is 5.71. The molecule has 0 saturated carbocycles. The van der Waals surface area contributed by atoms with E-state index in [2.05, 4.69) is 0 Å². The number of hydrogen-bond donors (Lipinski definition) is 0. The number of benzene rings is 2. The van der Waals surface area contributed by atoms with Gasteiger partial charge in [0.2, 0.25) is 0 Å². The van der Waals surface area contributed by atoms with Crippen LogP contribution in [0.2, 0.25) is 0 Å². The van der Waals surface area contributed by atoms with Gasteiger partial charge in [0.25, 0.3) is 5.56 Å². The number of carbonyl (C=O) groups excluding carboxylic acids is 1. The molecule has 1 amide bonds. The number of anilines is 1. The third kappa shape index (κ3) is 5.58. The third-order valence-corrected chi connectivity index (χ3v) is 6.22. The Morgan fingerprint density at radius 3 is 2.31 bits per heavy atom. The first-order valence-electron chi connectivity index (χ1n) is 12.2. The zero-order valence-corrected chi connectivity index (χ0v) is 21.5. The molecule has 3 aromatic rings. The molecular formula is C28H33FN4O3. The SMILES string of the molecule is Cc1cc(-c2nn(Cc3ccccc3)c(=O)c(N3CCN(C(=O)OC(C)(C)C)CC3)c2C)ccc1F. The summed E-state index contributed by atoms with van der Waals surface area (Å²) >= 11 is 0. The summed E-state index contributed by atoms with van der Waals surface area (Å²) in [4.78, 5) is 29.9. The van der Waals surface area contributed by atoms with Crippen molar-refractivity contribution >= 4 is 11.8 Å². The van der Waals surface area contributed by atoms with Crippen molar-refractivity contribution in [3.8, 4) is 11.3 Å². The summed E-state index contributed by atoms with van der Waals surface area (Å²) in [6.45, 7) is 11.3. The summed E-state index contributed by atoms with van der Waals surface area (Å²) in [5.41, 5.74) is 3.40. The van der Waals surface area contributed by atoms with Crippen LogP contribution in [0.5, 0.6) is 0 Å². The number of amides is 1. The Morgan fingerprint density at radius 2 is 1.69 bits per heavy atom. The quantitative estimate of drug-likeness (QED) is 0.525. The number of halogens is 1. The van der Waals surface area contributed by atoms with Gasteiger partial charge in [0.05, 0.1) is 12.2 Å². The largest absolute Gasteiger partial charge is 0.444 e. The second kappa shape index (κ2) is 10.1. The maximum Gasteiger partial charge on any atom is 0.410 e. The lowest BCUT2D eigenvalue weighted by molar-refractivity contribution is 0.0240. The maximum absolute atomic E-state index is 14.0. The summed E-state index contributed by atoms with van der Waals surface area (Å²) in [7, 11) is 0. The average Bonchev–Trinajstić information content (AvgIpc) is 2.83. The predicted octanol–water partition coefficient (Wildman–Crippen LogP) is 4.77. The molecule has 1 aliphatic rings. The fourth-order valence-electron chi connectivity index (χ4n) is 4.38. The number of nitrogens with zero attached hydrogens (tertiary/aromatic N) is 4. The van der Waals surface area contributed by atoms with E-state index < -0.39 is 5.60 Å². The minimum atomic E-state index is -0.566. The number of hydrogen-bond acceptors (Lipinski definition) is 5. The van der Waals surface area contributed by atoms with Crippen LogP contribution in [0, 0.1) is 19.7 Å². The lowest BCUT2D eigenvalue weighted by atomic mass is 10.0. The second-order valence-corrected chi connectivity index (χ2v) is 10.2. The standard InChI is InChI=1S/C28H33FN4O3/c1-19-17-22(11-12-23(19)29)24-20(2)25(26(34)33(30-24)18-21-9-7-6-8-10-21)31-13-15-32(16-14-31)27(35)36-28(3,4)5/h6-12,17H,13-16,18H2,1-5H3. The highest BCUT2D eigenvalue weighted by atomic mass is 19.1. The summed E-state index contributed by atoms with van der Waals surface area (Å²) in [5, 5.41) is 4.72. The summed E-state index contributed by atoms with van der Waals surface area (Å²) in [6.07, 6.45) is -0.349. The number of ether oxygens (including phenoxy) is 1. The molecule has 2 heterocycles. The molecule has 1 saturated heterocycles. The molecule has 36 heavy (non-hydrogen) atoms. The van der Waals surface area contributed by atoms with Crippen LogP contribution >= 0.6 is 0 Å². The zero-order chi connectivity index (χ0) is 26.0. The molecule has 0 bridgehead atoms. The Labute approximate surface area is 211 Å². The van der Waals surface area contributed by atoms with Crippen LogP contribution in [0.1, 0.15) is 37.5 Å². The first kappa shape index (κ1) is 25.4. The van der Waals surface area contributed by atoms with Gasteiger partial charge in [-0.1, -0.05) is 30.3 Å². The monoisotopic (exact) mass is 492 g/mol. The van der Waals surface area contributed by atoms with Gasteiger partial charge in [-0.05, 0) is 63.9 Å². The fraction of sp³-hybridized carbons (Fsp3) is 0.393. The van der Waals surface area contributed by atoms with Gasteiger partial charge in [-0.2, -0.15) is 5.10 Å². The van der Waals surface area contributed by atoms with Crippen LogP contribution in [-0.2, 0) is 11.3 Å². The van der Waals surface area contributed by atoms with Gasteiger partial charge in [0.1, 0.15) is 17.1 Å². The molecule has 0 N–H and O–H groups in total. The Morgan fingerprint density at radius 1 is 1.03 bits per heavy atom. The van der Waals surface area contributed by atoms with Gasteiger partial charge >= 0.3 is 6.09 Å². The third-order valence-electron chi connectivity index (χ3n) is 6.22. The topological polar surface area (TPSA) is 67.7 Å². The predicted molar refractivity (Wildman–Crippen MR) is 139 cm³/mol. The van der Waals surface area contributed by atoms with Gasteiger partial charge in [-0.25, -0.2) is 13.9 Å². The van der Waals surface area contributed by atoms with E-state index in [4.69, 9.17) is 9.84 Å². The summed E-state index contributed by atoms with van der Waals surface area (Å²) in [5.74, 6) is -0.285. The minimum Gasteiger partial charge on any atom is -0.444 e. The Hall–Kier alpha value is -3.68. The molecule has 1 aliphatic heterocycles. The molecule has 0 atom stereocenters. The number of aromatic nitrogens is 2. The molecule has 0 radical (unpaired) electrons. The molecule has 1 fully saturated rings. The highest BCUT2D eigenvalue weighted by Gasteiger charge is 2.29. The van der Waals surface area contributed by atoms with Crippen LogP contribution < -0.4 is 10.5 Å². The summed E-state index contributed by atoms with van der Waals surface area (Å²) in [6, 6.07) is 14.6. The van der Waals surface area contributed by atoms with Crippen molar-refractivity contribution < 1.29 is 13.9 Å². The molecule has 8 heteroatoms. The van der Waals surface area contributed by atoms with Crippen molar-refractivity contribution in [3.63, 3.8) is 0 Å². The van der Waals surface area contributed by atoms with Crippen molar-refractivity contribution in [2.45, 2.75) is 46.8 Å². The van der Waals surface area contributed by atoms with E-state index >= 15 is 0 Å². The van der Waals surface area contributed by atoms with Crippen molar-refractivity contribution in [1.29, 1.82) is 0 Å². The van der Waals surface area contributed by atoms with E-state index in [1.807, 2.05) is 62.9 Å². The molecular weight excluding hydrogens is 459 g/mol. The molecule has 2 aromatic carbocycles. The van der Waals surface area contributed by atoms with E-state index in [-0.39, 0.29) is 17.5 Å². The molecule has 0 aliphatic carbocycles. The van der Waals surface area contributed by atoms with Gasteiger partial charge in [0, 0.05) is 37.3 Å². The summed E-state index contributed by atoms with van der Waals surface area (Å²) < 4.78 is 21.0. The zero-order valence-electron chi connectivity index (χ0n) is 21.5. The second-order valence-electron chi connectivity index (χ2n) is 10.2.